The van der Waals surface area contributed by atoms with Crippen molar-refractivity contribution in [3.63, 3.8) is 0 Å². The molecule has 1 aromatic heterocycles. The first kappa shape index (κ1) is 19.0. The number of Topliss-reactive ketones (excluding diaryl/α,β-unsaturated/α-hetero) is 1. The van der Waals surface area contributed by atoms with E-state index in [1.54, 1.807) is 48.5 Å². The average Bonchev–Trinajstić information content (AvgIpc) is 2.69. The summed E-state index contributed by atoms with van der Waals surface area (Å²) >= 11 is 0. The van der Waals surface area contributed by atoms with Crippen LogP contribution in [0.4, 0.5) is 5.69 Å². The summed E-state index contributed by atoms with van der Waals surface area (Å²) in [4.78, 5) is 48.4. The van der Waals surface area contributed by atoms with Crippen LogP contribution in [-0.2, 0) is 11.3 Å². The van der Waals surface area contributed by atoms with Gasteiger partial charge in [0.05, 0.1) is 11.1 Å². The number of amides is 2. The van der Waals surface area contributed by atoms with Gasteiger partial charge < -0.3 is 10.6 Å². The van der Waals surface area contributed by atoms with Gasteiger partial charge in [-0.2, -0.15) is 0 Å². The second-order valence-electron chi connectivity index (χ2n) is 6.26. The highest BCUT2D eigenvalue weighted by atomic mass is 16.2. The van der Waals surface area contributed by atoms with E-state index in [0.29, 0.717) is 22.2 Å². The van der Waals surface area contributed by atoms with Gasteiger partial charge in [0.2, 0.25) is 5.91 Å². The Morgan fingerprint density at radius 2 is 1.68 bits per heavy atom. The largest absolute Gasteiger partial charge is 0.355 e. The first-order valence-electron chi connectivity index (χ1n) is 8.66. The zero-order valence-corrected chi connectivity index (χ0v) is 15.5. The Morgan fingerprint density at radius 3 is 2.32 bits per heavy atom. The lowest BCUT2D eigenvalue weighted by Gasteiger charge is -2.13. The van der Waals surface area contributed by atoms with Crippen LogP contribution >= 0.6 is 0 Å². The minimum absolute atomic E-state index is 0.0629. The van der Waals surface area contributed by atoms with Gasteiger partial charge >= 0.3 is 0 Å². The van der Waals surface area contributed by atoms with E-state index >= 15 is 0 Å². The molecule has 0 aliphatic rings. The number of anilines is 1. The molecule has 0 unspecified atom stereocenters. The van der Waals surface area contributed by atoms with Crippen LogP contribution in [0.1, 0.15) is 27.6 Å². The van der Waals surface area contributed by atoms with Crippen molar-refractivity contribution in [2.75, 3.05) is 12.4 Å². The van der Waals surface area contributed by atoms with Gasteiger partial charge in [0.1, 0.15) is 6.54 Å². The van der Waals surface area contributed by atoms with E-state index < -0.39 is 11.5 Å². The number of ketones is 1. The Morgan fingerprint density at radius 1 is 1.00 bits per heavy atom. The molecule has 0 bridgehead atoms. The number of nitrogens with zero attached hydrogens (tertiary/aromatic N) is 1. The highest BCUT2D eigenvalue weighted by Gasteiger charge is 2.15. The molecule has 28 heavy (non-hydrogen) atoms. The molecule has 0 atom stereocenters. The molecule has 0 aliphatic carbocycles. The van der Waals surface area contributed by atoms with Gasteiger partial charge in [-0.15, -0.1) is 0 Å². The molecule has 0 spiro atoms. The van der Waals surface area contributed by atoms with E-state index in [0.717, 1.165) is 0 Å². The lowest BCUT2D eigenvalue weighted by atomic mass is 10.1. The van der Waals surface area contributed by atoms with Crippen molar-refractivity contribution in [3.05, 3.63) is 76.1 Å². The topological polar surface area (TPSA) is 97.3 Å². The Balaban J connectivity index is 1.91. The maximum atomic E-state index is 12.5. The van der Waals surface area contributed by atoms with Crippen LogP contribution in [0.3, 0.4) is 0 Å². The summed E-state index contributed by atoms with van der Waals surface area (Å²) in [6.45, 7) is 1.26. The third kappa shape index (κ3) is 3.83. The Kier molecular flexibility index (Phi) is 5.35. The van der Waals surface area contributed by atoms with Gasteiger partial charge in [-0.05, 0) is 37.3 Å². The third-order valence-electron chi connectivity index (χ3n) is 4.37. The zero-order valence-electron chi connectivity index (χ0n) is 15.5. The fourth-order valence-electron chi connectivity index (χ4n) is 2.95. The number of nitrogens with one attached hydrogen (secondary N) is 2. The monoisotopic (exact) mass is 377 g/mol. The molecular weight excluding hydrogens is 358 g/mol. The third-order valence-corrected chi connectivity index (χ3v) is 4.37. The first-order chi connectivity index (χ1) is 13.4. The Hall–Kier alpha value is -3.74. The number of pyridine rings is 1. The predicted molar refractivity (Wildman–Crippen MR) is 107 cm³/mol. The molecule has 2 amide bonds. The van der Waals surface area contributed by atoms with E-state index in [9.17, 15) is 19.2 Å². The van der Waals surface area contributed by atoms with Gasteiger partial charge in [0, 0.05) is 29.8 Å². The molecule has 142 valence electrons. The van der Waals surface area contributed by atoms with Gasteiger partial charge in [0.25, 0.3) is 11.5 Å². The lowest BCUT2D eigenvalue weighted by molar-refractivity contribution is -0.116. The summed E-state index contributed by atoms with van der Waals surface area (Å²) in [5, 5.41) is 5.81. The molecule has 0 saturated carbocycles. The normalized spacial score (nSPS) is 10.5. The molecule has 0 fully saturated rings. The molecule has 0 saturated heterocycles. The highest BCUT2D eigenvalue weighted by molar-refractivity contribution is 6.06. The maximum absolute atomic E-state index is 12.5. The Bertz CT molecular complexity index is 1130. The number of benzene rings is 2. The zero-order chi connectivity index (χ0) is 20.3. The van der Waals surface area contributed by atoms with Gasteiger partial charge in [-0.1, -0.05) is 18.2 Å². The van der Waals surface area contributed by atoms with Crippen LogP contribution < -0.4 is 16.2 Å². The van der Waals surface area contributed by atoms with Crippen molar-refractivity contribution >= 4 is 34.2 Å². The van der Waals surface area contributed by atoms with Crippen molar-refractivity contribution in [1.82, 2.24) is 9.88 Å². The molecular formula is C21H19N3O4. The van der Waals surface area contributed by atoms with E-state index in [4.69, 9.17) is 0 Å². The first-order valence-corrected chi connectivity index (χ1v) is 8.66. The number of para-hydroxylation sites is 1. The number of hydrogen-bond acceptors (Lipinski definition) is 4. The van der Waals surface area contributed by atoms with Crippen molar-refractivity contribution in [2.24, 2.45) is 0 Å². The predicted octanol–water partition coefficient (Wildman–Crippen LogP) is 2.20. The average molecular weight is 377 g/mol. The number of carbonyl (C=O) groups excluding carboxylic acids is 3. The molecule has 0 aliphatic heterocycles. The standard InChI is InChI=1S/C21H19N3O4/c1-13(25)14-7-9-15(10-8-14)23-19(26)12-24-18-6-4-3-5-16(18)17(11-20(24)27)21(28)22-2/h3-11H,12H2,1-2H3,(H,22,28)(H,23,26). The van der Waals surface area contributed by atoms with Crippen LogP contribution in [0, 0.1) is 0 Å². The summed E-state index contributed by atoms with van der Waals surface area (Å²) in [7, 11) is 1.49. The van der Waals surface area contributed by atoms with E-state index in [2.05, 4.69) is 10.6 Å². The van der Waals surface area contributed by atoms with Crippen molar-refractivity contribution in [3.8, 4) is 0 Å². The van der Waals surface area contributed by atoms with Gasteiger partial charge in [-0.3, -0.25) is 23.7 Å². The fraction of sp³-hybridized carbons (Fsp3) is 0.143. The van der Waals surface area contributed by atoms with Gasteiger partial charge in [0.15, 0.2) is 5.78 Å². The molecule has 2 N–H and O–H groups in total. The second kappa shape index (κ2) is 7.87. The van der Waals surface area contributed by atoms with E-state index in [1.165, 1.54) is 24.6 Å². The molecule has 0 radical (unpaired) electrons. The van der Waals surface area contributed by atoms with Crippen LogP contribution in [0.15, 0.2) is 59.4 Å². The molecule has 7 heteroatoms. The SMILES string of the molecule is CNC(=O)c1cc(=O)n(CC(=O)Nc2ccc(C(C)=O)cc2)c2ccccc12. The summed E-state index contributed by atoms with van der Waals surface area (Å²) in [6, 6.07) is 14.7. The Labute approximate surface area is 161 Å². The smallest absolute Gasteiger partial charge is 0.252 e. The highest BCUT2D eigenvalue weighted by Crippen LogP contribution is 2.17. The second-order valence-corrected chi connectivity index (χ2v) is 6.26. The summed E-state index contributed by atoms with van der Waals surface area (Å²) in [5.41, 5.74) is 1.38. The van der Waals surface area contributed by atoms with Crippen molar-refractivity contribution in [2.45, 2.75) is 13.5 Å². The quantitative estimate of drug-likeness (QED) is 0.666. The van der Waals surface area contributed by atoms with Crippen LogP contribution in [-0.4, -0.2) is 29.2 Å². The number of fused-ring (bicyclic) bond motifs is 1. The van der Waals surface area contributed by atoms with Crippen LogP contribution in [0.25, 0.3) is 10.9 Å². The van der Waals surface area contributed by atoms with Gasteiger partial charge in [-0.25, -0.2) is 0 Å². The fourth-order valence-corrected chi connectivity index (χ4v) is 2.95. The van der Waals surface area contributed by atoms with Crippen LogP contribution in [0.5, 0.6) is 0 Å². The summed E-state index contributed by atoms with van der Waals surface area (Å²) in [6.07, 6.45) is 0. The number of carbonyl (C=O) groups is 3. The van der Waals surface area contributed by atoms with Crippen molar-refractivity contribution < 1.29 is 14.4 Å². The number of hydrogen-bond donors (Lipinski definition) is 2. The van der Waals surface area contributed by atoms with E-state index in [-0.39, 0.29) is 23.8 Å². The maximum Gasteiger partial charge on any atom is 0.252 e. The number of aromatic nitrogens is 1. The lowest BCUT2D eigenvalue weighted by Crippen LogP contribution is -2.30. The summed E-state index contributed by atoms with van der Waals surface area (Å²) in [5.74, 6) is -0.821. The van der Waals surface area contributed by atoms with Crippen molar-refractivity contribution in [1.29, 1.82) is 0 Å². The molecule has 3 rings (SSSR count). The molecule has 2 aromatic carbocycles. The molecule has 3 aromatic rings. The van der Waals surface area contributed by atoms with Crippen LogP contribution in [0.2, 0.25) is 0 Å². The minimum atomic E-state index is -0.445. The molecule has 7 nitrogen and oxygen atoms in total. The molecule has 1 heterocycles. The minimum Gasteiger partial charge on any atom is -0.355 e. The number of rotatable bonds is 5. The summed E-state index contributed by atoms with van der Waals surface area (Å²) < 4.78 is 1.32. The van der Waals surface area contributed by atoms with E-state index in [1.807, 2.05) is 0 Å².